The molecular formula is C43H26N2S. The van der Waals surface area contributed by atoms with Gasteiger partial charge in [-0.05, 0) is 69.4 Å². The maximum atomic E-state index is 5.20. The van der Waals surface area contributed by atoms with Gasteiger partial charge in [-0.2, -0.15) is 0 Å². The molecule has 0 radical (unpaired) electrons. The molecule has 10 aromatic rings. The van der Waals surface area contributed by atoms with Gasteiger partial charge in [0.25, 0.3) is 0 Å². The Bertz CT molecular complexity index is 2730. The average molecular weight is 603 g/mol. The Morgan fingerprint density at radius 1 is 0.478 bits per heavy atom. The Labute approximate surface area is 269 Å². The van der Waals surface area contributed by atoms with Crippen molar-refractivity contribution in [2.24, 2.45) is 0 Å². The number of hydrogen-bond acceptors (Lipinski definition) is 2. The second kappa shape index (κ2) is 9.87. The minimum atomic E-state index is 1.06. The van der Waals surface area contributed by atoms with E-state index in [1.54, 1.807) is 0 Å². The summed E-state index contributed by atoms with van der Waals surface area (Å²) in [4.78, 5) is 5.20. The molecule has 0 aliphatic carbocycles. The Morgan fingerprint density at radius 2 is 1.13 bits per heavy atom. The minimum absolute atomic E-state index is 1.06. The molecule has 3 heterocycles. The highest BCUT2D eigenvalue weighted by molar-refractivity contribution is 7.26. The summed E-state index contributed by atoms with van der Waals surface area (Å²) < 4.78 is 5.00. The van der Waals surface area contributed by atoms with Crippen molar-refractivity contribution in [1.29, 1.82) is 0 Å². The molecule has 46 heavy (non-hydrogen) atoms. The Kier molecular flexibility index (Phi) is 5.48. The summed E-state index contributed by atoms with van der Waals surface area (Å²) in [6.45, 7) is 0. The van der Waals surface area contributed by atoms with E-state index in [1.807, 2.05) is 11.3 Å². The summed E-state index contributed by atoms with van der Waals surface area (Å²) in [6.07, 6.45) is 2.09. The number of fused-ring (bicyclic) bond motifs is 11. The highest BCUT2D eigenvalue weighted by Gasteiger charge is 2.20. The summed E-state index contributed by atoms with van der Waals surface area (Å²) >= 11 is 1.85. The lowest BCUT2D eigenvalue weighted by Crippen LogP contribution is -1.97. The van der Waals surface area contributed by atoms with Gasteiger partial charge in [-0.1, -0.05) is 115 Å². The fraction of sp³-hybridized carbons (Fsp3) is 0. The maximum Gasteiger partial charge on any atom is 0.0902 e. The first kappa shape index (κ1) is 25.5. The number of benzene rings is 7. The third kappa shape index (κ3) is 3.73. The van der Waals surface area contributed by atoms with Gasteiger partial charge in [0.1, 0.15) is 0 Å². The van der Waals surface area contributed by atoms with Crippen LogP contribution >= 0.6 is 11.3 Å². The van der Waals surface area contributed by atoms with Crippen molar-refractivity contribution in [3.05, 3.63) is 158 Å². The zero-order valence-electron chi connectivity index (χ0n) is 24.8. The van der Waals surface area contributed by atoms with Crippen LogP contribution in [0.5, 0.6) is 0 Å². The molecule has 0 atom stereocenters. The summed E-state index contributed by atoms with van der Waals surface area (Å²) in [5, 5.41) is 8.71. The molecule has 10 rings (SSSR count). The van der Waals surface area contributed by atoms with E-state index in [0.29, 0.717) is 0 Å². The Hall–Kier alpha value is -5.77. The topological polar surface area (TPSA) is 17.8 Å². The van der Waals surface area contributed by atoms with Crippen LogP contribution in [0, 0.1) is 0 Å². The molecule has 0 aliphatic heterocycles. The minimum Gasteiger partial charge on any atom is -0.308 e. The van der Waals surface area contributed by atoms with Crippen LogP contribution in [0.3, 0.4) is 0 Å². The zero-order valence-corrected chi connectivity index (χ0v) is 25.6. The van der Waals surface area contributed by atoms with E-state index in [2.05, 4.69) is 162 Å². The zero-order chi connectivity index (χ0) is 30.2. The number of thiophene rings is 1. The first-order chi connectivity index (χ1) is 22.8. The first-order valence-corrected chi connectivity index (χ1v) is 16.4. The van der Waals surface area contributed by atoms with Crippen molar-refractivity contribution < 1.29 is 0 Å². The fourth-order valence-corrected chi connectivity index (χ4v) is 8.53. The lowest BCUT2D eigenvalue weighted by molar-refractivity contribution is 1.19. The summed E-state index contributed by atoms with van der Waals surface area (Å²) in [6, 6.07) is 54.9. The quantitative estimate of drug-likeness (QED) is 0.197. The molecule has 3 heteroatoms. The van der Waals surface area contributed by atoms with Gasteiger partial charge in [-0.3, -0.25) is 4.98 Å². The van der Waals surface area contributed by atoms with Gasteiger partial charge in [0.2, 0.25) is 0 Å². The van der Waals surface area contributed by atoms with Gasteiger partial charge in [0.15, 0.2) is 0 Å². The van der Waals surface area contributed by atoms with E-state index in [0.717, 1.165) is 11.2 Å². The number of nitrogens with zero attached hydrogens (tertiary/aromatic N) is 2. The predicted molar refractivity (Wildman–Crippen MR) is 197 cm³/mol. The molecular weight excluding hydrogens is 577 g/mol. The van der Waals surface area contributed by atoms with Crippen LogP contribution in [0.2, 0.25) is 0 Å². The van der Waals surface area contributed by atoms with Gasteiger partial charge < -0.3 is 4.57 Å². The Morgan fingerprint density at radius 3 is 1.89 bits per heavy atom. The molecule has 3 aromatic heterocycles. The fourth-order valence-electron chi connectivity index (χ4n) is 7.31. The third-order valence-corrected chi connectivity index (χ3v) is 10.6. The van der Waals surface area contributed by atoms with E-state index in [4.69, 9.17) is 4.98 Å². The van der Waals surface area contributed by atoms with Crippen LogP contribution in [0.1, 0.15) is 0 Å². The molecule has 0 fully saturated rings. The molecule has 0 bridgehead atoms. The second-order valence-electron chi connectivity index (χ2n) is 12.0. The third-order valence-electron chi connectivity index (χ3n) is 9.39. The standard InChI is InChI=1S/C43H26N2S/c1-3-11-27(12-4-1)30-23-31(28-13-5-2-6-14-28)25-32(24-30)45-38-18-10-9-17-34(38)37-26-44-41-36(42(37)45)21-20-35-40-33-16-8-7-15-29(33)19-22-39(40)46-43(35)41/h1-26H. The molecule has 0 spiro atoms. The van der Waals surface area contributed by atoms with Gasteiger partial charge >= 0.3 is 0 Å². The second-order valence-corrected chi connectivity index (χ2v) is 13.0. The van der Waals surface area contributed by atoms with Crippen molar-refractivity contribution in [3.8, 4) is 27.9 Å². The number of aromatic nitrogens is 2. The number of rotatable bonds is 3. The van der Waals surface area contributed by atoms with Crippen LogP contribution in [-0.2, 0) is 0 Å². The SMILES string of the molecule is c1ccc(-c2cc(-c3ccccc3)cc(-n3c4ccccc4c4cnc5c(ccc6c5sc5ccc7ccccc7c56)c43)c2)cc1. The molecule has 0 saturated carbocycles. The summed E-state index contributed by atoms with van der Waals surface area (Å²) in [5.74, 6) is 0. The molecule has 7 aromatic carbocycles. The van der Waals surface area contributed by atoms with Crippen molar-refractivity contribution in [2.75, 3.05) is 0 Å². The Balaban J connectivity index is 1.33. The normalized spacial score (nSPS) is 11.9. The van der Waals surface area contributed by atoms with E-state index >= 15 is 0 Å². The number of para-hydroxylation sites is 1. The van der Waals surface area contributed by atoms with E-state index < -0.39 is 0 Å². The molecule has 0 amide bonds. The van der Waals surface area contributed by atoms with Crippen LogP contribution in [0.25, 0.3) is 91.6 Å². The molecule has 0 unspecified atom stereocenters. The summed E-state index contributed by atoms with van der Waals surface area (Å²) in [5.41, 5.74) is 9.36. The van der Waals surface area contributed by atoms with E-state index in [1.165, 1.54) is 80.4 Å². The lowest BCUT2D eigenvalue weighted by Gasteiger charge is -2.15. The largest absolute Gasteiger partial charge is 0.308 e. The molecule has 2 nitrogen and oxygen atoms in total. The van der Waals surface area contributed by atoms with Crippen molar-refractivity contribution in [1.82, 2.24) is 9.55 Å². The first-order valence-electron chi connectivity index (χ1n) is 15.6. The molecule has 214 valence electrons. The average Bonchev–Trinajstić information content (AvgIpc) is 3.69. The maximum absolute atomic E-state index is 5.20. The lowest BCUT2D eigenvalue weighted by atomic mass is 9.98. The monoisotopic (exact) mass is 602 g/mol. The van der Waals surface area contributed by atoms with Crippen molar-refractivity contribution >= 4 is 75.0 Å². The number of hydrogen-bond donors (Lipinski definition) is 0. The smallest absolute Gasteiger partial charge is 0.0902 e. The van der Waals surface area contributed by atoms with Crippen molar-refractivity contribution in [2.45, 2.75) is 0 Å². The molecule has 0 N–H and O–H groups in total. The van der Waals surface area contributed by atoms with Crippen LogP contribution < -0.4 is 0 Å². The van der Waals surface area contributed by atoms with Crippen molar-refractivity contribution in [3.63, 3.8) is 0 Å². The van der Waals surface area contributed by atoms with Gasteiger partial charge in [-0.25, -0.2) is 0 Å². The van der Waals surface area contributed by atoms with Crippen LogP contribution in [0.4, 0.5) is 0 Å². The van der Waals surface area contributed by atoms with Gasteiger partial charge in [0, 0.05) is 43.5 Å². The van der Waals surface area contributed by atoms with Gasteiger partial charge in [-0.15, -0.1) is 11.3 Å². The number of pyridine rings is 1. The highest BCUT2D eigenvalue weighted by Crippen LogP contribution is 2.44. The summed E-state index contributed by atoms with van der Waals surface area (Å²) in [7, 11) is 0. The van der Waals surface area contributed by atoms with E-state index in [9.17, 15) is 0 Å². The van der Waals surface area contributed by atoms with Gasteiger partial charge in [0.05, 0.1) is 21.3 Å². The van der Waals surface area contributed by atoms with Crippen LogP contribution in [0.15, 0.2) is 158 Å². The highest BCUT2D eigenvalue weighted by atomic mass is 32.1. The predicted octanol–water partition coefficient (Wildman–Crippen LogP) is 12.2. The van der Waals surface area contributed by atoms with Crippen LogP contribution in [-0.4, -0.2) is 9.55 Å². The molecule has 0 aliphatic rings. The molecule has 0 saturated heterocycles. The van der Waals surface area contributed by atoms with E-state index in [-0.39, 0.29) is 0 Å².